The average Bonchev–Trinajstić information content (AvgIpc) is 2.86. The van der Waals surface area contributed by atoms with Crippen molar-refractivity contribution in [3.8, 4) is 0 Å². The molecule has 1 aliphatic heterocycles. The highest BCUT2D eigenvalue weighted by molar-refractivity contribution is 5.04. The van der Waals surface area contributed by atoms with Crippen LogP contribution in [0.3, 0.4) is 0 Å². The summed E-state index contributed by atoms with van der Waals surface area (Å²) < 4.78 is 11.0. The quantitative estimate of drug-likeness (QED) is 0.775. The summed E-state index contributed by atoms with van der Waals surface area (Å²) in [7, 11) is 1.71. The molecule has 1 aromatic rings. The summed E-state index contributed by atoms with van der Waals surface area (Å²) >= 11 is 0. The second-order valence-electron chi connectivity index (χ2n) is 4.31. The van der Waals surface area contributed by atoms with Gasteiger partial charge in [-0.2, -0.15) is 5.10 Å². The number of aryl methyl sites for hydroxylation is 1. The molecular formula is C11H20N4O2. The van der Waals surface area contributed by atoms with Crippen molar-refractivity contribution < 1.29 is 9.47 Å². The topological polar surface area (TPSA) is 86.0 Å². The molecule has 0 spiro atoms. The van der Waals surface area contributed by atoms with Crippen molar-refractivity contribution in [2.24, 2.45) is 5.73 Å². The van der Waals surface area contributed by atoms with Crippen LogP contribution in [0.5, 0.6) is 0 Å². The molecule has 96 valence electrons. The molecule has 1 aromatic heterocycles. The van der Waals surface area contributed by atoms with Gasteiger partial charge in [0.25, 0.3) is 0 Å². The number of nitrogens with two attached hydrogens (primary N) is 1. The third-order valence-corrected chi connectivity index (χ3v) is 3.25. The molecule has 2 rings (SSSR count). The third-order valence-electron chi connectivity index (χ3n) is 3.25. The summed E-state index contributed by atoms with van der Waals surface area (Å²) in [6.45, 7) is 2.06. The van der Waals surface area contributed by atoms with Crippen LogP contribution in [0.1, 0.15) is 30.9 Å². The van der Waals surface area contributed by atoms with Crippen LogP contribution in [-0.2, 0) is 21.5 Å². The zero-order valence-electron chi connectivity index (χ0n) is 10.2. The van der Waals surface area contributed by atoms with E-state index in [2.05, 4.69) is 15.2 Å². The monoisotopic (exact) mass is 240 g/mol. The number of aromatic nitrogens is 3. The lowest BCUT2D eigenvalue weighted by molar-refractivity contribution is -0.0998. The molecule has 0 bridgehead atoms. The Morgan fingerprint density at radius 3 is 2.88 bits per heavy atom. The Morgan fingerprint density at radius 2 is 2.24 bits per heavy atom. The third kappa shape index (κ3) is 2.65. The van der Waals surface area contributed by atoms with E-state index in [4.69, 9.17) is 15.2 Å². The van der Waals surface area contributed by atoms with Gasteiger partial charge in [0.2, 0.25) is 0 Å². The maximum Gasteiger partial charge on any atom is 0.182 e. The smallest absolute Gasteiger partial charge is 0.182 e. The van der Waals surface area contributed by atoms with E-state index in [-0.39, 0.29) is 5.60 Å². The molecule has 0 aliphatic carbocycles. The van der Waals surface area contributed by atoms with E-state index in [0.29, 0.717) is 19.8 Å². The highest BCUT2D eigenvalue weighted by Gasteiger charge is 2.38. The van der Waals surface area contributed by atoms with Gasteiger partial charge in [-0.3, -0.25) is 5.10 Å². The predicted octanol–water partition coefficient (Wildman–Crippen LogP) is 0.348. The second-order valence-corrected chi connectivity index (χ2v) is 4.31. The molecule has 6 nitrogen and oxygen atoms in total. The van der Waals surface area contributed by atoms with Crippen LogP contribution in [0.4, 0.5) is 0 Å². The lowest BCUT2D eigenvalue weighted by Crippen LogP contribution is -2.36. The SMILES string of the molecule is COC1(c2n[nH]c(CCCN)n2)CCOCC1. The van der Waals surface area contributed by atoms with E-state index in [1.54, 1.807) is 7.11 Å². The Bertz CT molecular complexity index is 347. The van der Waals surface area contributed by atoms with E-state index >= 15 is 0 Å². The Balaban J connectivity index is 2.10. The molecular weight excluding hydrogens is 220 g/mol. The van der Waals surface area contributed by atoms with E-state index in [0.717, 1.165) is 37.3 Å². The first-order chi connectivity index (χ1) is 8.30. The van der Waals surface area contributed by atoms with Crippen molar-refractivity contribution in [1.82, 2.24) is 15.2 Å². The maximum atomic E-state index is 5.63. The van der Waals surface area contributed by atoms with E-state index < -0.39 is 0 Å². The Labute approximate surface area is 101 Å². The fourth-order valence-electron chi connectivity index (χ4n) is 2.10. The van der Waals surface area contributed by atoms with Crippen LogP contribution in [0.2, 0.25) is 0 Å². The molecule has 1 aliphatic rings. The van der Waals surface area contributed by atoms with Gasteiger partial charge in [0.15, 0.2) is 5.82 Å². The number of hydrogen-bond acceptors (Lipinski definition) is 5. The molecule has 1 fully saturated rings. The van der Waals surface area contributed by atoms with Gasteiger partial charge in [0.1, 0.15) is 11.4 Å². The predicted molar refractivity (Wildman–Crippen MR) is 62.5 cm³/mol. The molecule has 0 aromatic carbocycles. The van der Waals surface area contributed by atoms with Crippen LogP contribution in [0.25, 0.3) is 0 Å². The van der Waals surface area contributed by atoms with Crippen LogP contribution >= 0.6 is 0 Å². The lowest BCUT2D eigenvalue weighted by atomic mass is 9.93. The van der Waals surface area contributed by atoms with Crippen molar-refractivity contribution in [3.63, 3.8) is 0 Å². The van der Waals surface area contributed by atoms with Gasteiger partial charge in [-0.25, -0.2) is 4.98 Å². The highest BCUT2D eigenvalue weighted by Crippen LogP contribution is 2.33. The van der Waals surface area contributed by atoms with E-state index in [1.807, 2.05) is 0 Å². The zero-order valence-corrected chi connectivity index (χ0v) is 10.2. The van der Waals surface area contributed by atoms with Crippen molar-refractivity contribution in [2.75, 3.05) is 26.9 Å². The van der Waals surface area contributed by atoms with Crippen molar-refractivity contribution in [2.45, 2.75) is 31.3 Å². The van der Waals surface area contributed by atoms with Gasteiger partial charge in [-0.05, 0) is 13.0 Å². The lowest BCUT2D eigenvalue weighted by Gasteiger charge is -2.33. The number of ether oxygens (including phenoxy) is 2. The standard InChI is InChI=1S/C11H20N4O2/c1-16-11(4-7-17-8-5-11)10-13-9(14-15-10)3-2-6-12/h2-8,12H2,1H3,(H,13,14,15). The molecule has 2 heterocycles. The molecule has 3 N–H and O–H groups in total. The van der Waals surface area contributed by atoms with Crippen LogP contribution < -0.4 is 5.73 Å². The van der Waals surface area contributed by atoms with Gasteiger partial charge >= 0.3 is 0 Å². The van der Waals surface area contributed by atoms with E-state index in [1.165, 1.54) is 0 Å². The summed E-state index contributed by atoms with van der Waals surface area (Å²) in [6, 6.07) is 0. The number of hydrogen-bond donors (Lipinski definition) is 2. The fraction of sp³-hybridized carbons (Fsp3) is 0.818. The minimum Gasteiger partial charge on any atom is -0.381 e. The first kappa shape index (κ1) is 12.5. The Kier molecular flexibility index (Phi) is 4.09. The van der Waals surface area contributed by atoms with Gasteiger partial charge < -0.3 is 15.2 Å². The number of nitrogens with one attached hydrogen (secondary N) is 1. The Morgan fingerprint density at radius 1 is 1.47 bits per heavy atom. The van der Waals surface area contributed by atoms with E-state index in [9.17, 15) is 0 Å². The summed E-state index contributed by atoms with van der Waals surface area (Å²) in [4.78, 5) is 4.51. The van der Waals surface area contributed by atoms with Gasteiger partial charge in [-0.15, -0.1) is 0 Å². The molecule has 17 heavy (non-hydrogen) atoms. The molecule has 0 saturated carbocycles. The van der Waals surface area contributed by atoms with Crippen molar-refractivity contribution in [3.05, 3.63) is 11.6 Å². The number of nitrogens with zero attached hydrogens (tertiary/aromatic N) is 2. The highest BCUT2D eigenvalue weighted by atomic mass is 16.5. The molecule has 0 amide bonds. The van der Waals surface area contributed by atoms with Crippen LogP contribution in [0, 0.1) is 0 Å². The van der Waals surface area contributed by atoms with Crippen molar-refractivity contribution >= 4 is 0 Å². The fourth-order valence-corrected chi connectivity index (χ4v) is 2.10. The normalized spacial score (nSPS) is 19.4. The number of rotatable bonds is 5. The van der Waals surface area contributed by atoms with Gasteiger partial charge in [-0.1, -0.05) is 0 Å². The van der Waals surface area contributed by atoms with Crippen molar-refractivity contribution in [1.29, 1.82) is 0 Å². The first-order valence-corrected chi connectivity index (χ1v) is 6.05. The summed E-state index contributed by atoms with van der Waals surface area (Å²) in [5.74, 6) is 1.63. The summed E-state index contributed by atoms with van der Waals surface area (Å²) in [5, 5.41) is 7.24. The summed E-state index contributed by atoms with van der Waals surface area (Å²) in [5.41, 5.74) is 5.10. The Hall–Kier alpha value is -0.980. The number of methoxy groups -OCH3 is 1. The average molecular weight is 240 g/mol. The zero-order chi connectivity index (χ0) is 12.1. The van der Waals surface area contributed by atoms with Gasteiger partial charge in [0, 0.05) is 39.6 Å². The maximum absolute atomic E-state index is 5.63. The summed E-state index contributed by atoms with van der Waals surface area (Å²) in [6.07, 6.45) is 3.35. The molecule has 6 heteroatoms. The second kappa shape index (κ2) is 5.57. The molecule has 1 saturated heterocycles. The molecule has 0 radical (unpaired) electrons. The number of aromatic amines is 1. The first-order valence-electron chi connectivity index (χ1n) is 6.05. The van der Waals surface area contributed by atoms with Crippen LogP contribution in [-0.4, -0.2) is 42.0 Å². The minimum absolute atomic E-state index is 0.379. The molecule has 0 unspecified atom stereocenters. The molecule has 0 atom stereocenters. The largest absolute Gasteiger partial charge is 0.381 e. The number of H-pyrrole nitrogens is 1. The minimum atomic E-state index is -0.379. The van der Waals surface area contributed by atoms with Crippen LogP contribution in [0.15, 0.2) is 0 Å². The van der Waals surface area contributed by atoms with Gasteiger partial charge in [0.05, 0.1) is 0 Å².